The van der Waals surface area contributed by atoms with Gasteiger partial charge in [-0.2, -0.15) is 0 Å². The van der Waals surface area contributed by atoms with E-state index in [1.807, 2.05) is 0 Å². The van der Waals surface area contributed by atoms with Crippen LogP contribution in [-0.2, 0) is 17.1 Å². The summed E-state index contributed by atoms with van der Waals surface area (Å²) in [6.07, 6.45) is 0. The van der Waals surface area contributed by atoms with Gasteiger partial charge >= 0.3 is 17.1 Å². The topological polar surface area (TPSA) is 24.1 Å². The molecule has 0 rings (SSSR count). The van der Waals surface area contributed by atoms with Gasteiger partial charge in [0.25, 0.3) is 0 Å². The van der Waals surface area contributed by atoms with Gasteiger partial charge in [0.15, 0.2) is 0 Å². The summed E-state index contributed by atoms with van der Waals surface area (Å²) in [6, 6.07) is 0. The van der Waals surface area contributed by atoms with Crippen LogP contribution in [0.15, 0.2) is 0 Å². The molecule has 0 aromatic heterocycles. The Hall–Kier alpha value is 1.02. The van der Waals surface area contributed by atoms with Crippen LogP contribution in [0.3, 0.4) is 0 Å². The van der Waals surface area contributed by atoms with E-state index in [0.717, 1.165) is 13.1 Å². The molecular formula is C10H24Cl2CuN2. The molecule has 0 aliphatic rings. The third-order valence-corrected chi connectivity index (χ3v) is 1.44. The minimum absolute atomic E-state index is 0. The summed E-state index contributed by atoms with van der Waals surface area (Å²) in [5, 5.41) is 6.86. The molecule has 0 bridgehead atoms. The first-order chi connectivity index (χ1) is 5.21. The van der Waals surface area contributed by atoms with Gasteiger partial charge in [-0.15, -0.1) is 0 Å². The van der Waals surface area contributed by atoms with Crippen molar-refractivity contribution in [1.29, 1.82) is 0 Å². The fourth-order valence-corrected chi connectivity index (χ4v) is 0.875. The number of rotatable bonds is 3. The van der Waals surface area contributed by atoms with E-state index in [9.17, 15) is 0 Å². The Kier molecular flexibility index (Phi) is 17.0. The van der Waals surface area contributed by atoms with Crippen molar-refractivity contribution in [3.8, 4) is 0 Å². The molecule has 0 heterocycles. The van der Waals surface area contributed by atoms with Crippen LogP contribution >= 0.6 is 0 Å². The molecule has 99 valence electrons. The summed E-state index contributed by atoms with van der Waals surface area (Å²) < 4.78 is 0. The largest absolute Gasteiger partial charge is 2.00 e. The molecule has 0 aliphatic carbocycles. The normalized spacial score (nSPS) is 10.8. The van der Waals surface area contributed by atoms with Crippen LogP contribution in [0.5, 0.6) is 0 Å². The predicted octanol–water partition coefficient (Wildman–Crippen LogP) is -4.23. The van der Waals surface area contributed by atoms with Crippen LogP contribution in [0.1, 0.15) is 41.5 Å². The van der Waals surface area contributed by atoms with Crippen molar-refractivity contribution >= 4 is 0 Å². The first kappa shape index (κ1) is 25.0. The molecular weight excluding hydrogens is 283 g/mol. The fourth-order valence-electron chi connectivity index (χ4n) is 0.875. The Labute approximate surface area is 118 Å². The van der Waals surface area contributed by atoms with Gasteiger partial charge in [-0.05, 0) is 41.5 Å². The maximum Gasteiger partial charge on any atom is 2.00 e. The maximum atomic E-state index is 3.43. The first-order valence-corrected chi connectivity index (χ1v) is 4.71. The predicted molar refractivity (Wildman–Crippen MR) is 55.5 cm³/mol. The number of hydrogen-bond acceptors (Lipinski definition) is 2. The van der Waals surface area contributed by atoms with Gasteiger partial charge in [-0.1, -0.05) is 0 Å². The van der Waals surface area contributed by atoms with Gasteiger partial charge in [-0.3, -0.25) is 0 Å². The van der Waals surface area contributed by atoms with Crippen LogP contribution in [0.25, 0.3) is 0 Å². The van der Waals surface area contributed by atoms with E-state index in [4.69, 9.17) is 0 Å². The molecule has 0 amide bonds. The van der Waals surface area contributed by atoms with Crippen molar-refractivity contribution in [3.63, 3.8) is 0 Å². The van der Waals surface area contributed by atoms with Crippen LogP contribution < -0.4 is 35.4 Å². The molecule has 2 N–H and O–H groups in total. The monoisotopic (exact) mass is 305 g/mol. The Morgan fingerprint density at radius 2 is 0.867 bits per heavy atom. The van der Waals surface area contributed by atoms with Crippen LogP contribution in [0.2, 0.25) is 0 Å². The first-order valence-electron chi connectivity index (χ1n) is 4.71. The standard InChI is InChI=1S/C10H24N2.2ClH.Cu/c1-9(2,3)11-7-8-12-10(4,5)6;;;/h11-12H,7-8H2,1-6H3;2*1H;/q;;;+2/p-2. The molecule has 0 atom stereocenters. The molecule has 0 spiro atoms. The molecule has 5 heteroatoms. The van der Waals surface area contributed by atoms with Gasteiger partial charge in [0.1, 0.15) is 0 Å². The zero-order valence-corrected chi connectivity index (χ0v) is 12.9. The van der Waals surface area contributed by atoms with Gasteiger partial charge in [0, 0.05) is 24.2 Å². The minimum Gasteiger partial charge on any atom is -1.00 e. The van der Waals surface area contributed by atoms with Crippen LogP contribution in [-0.4, -0.2) is 24.2 Å². The second kappa shape index (κ2) is 10.2. The number of nitrogens with one attached hydrogen (secondary N) is 2. The number of hydrogen-bond donors (Lipinski definition) is 2. The molecule has 0 aliphatic heterocycles. The van der Waals surface area contributed by atoms with Crippen molar-refractivity contribution in [3.05, 3.63) is 0 Å². The zero-order valence-electron chi connectivity index (χ0n) is 10.5. The summed E-state index contributed by atoms with van der Waals surface area (Å²) in [6.45, 7) is 15.2. The van der Waals surface area contributed by atoms with Gasteiger partial charge in [-0.25, -0.2) is 0 Å². The van der Waals surface area contributed by atoms with E-state index < -0.39 is 0 Å². The van der Waals surface area contributed by atoms with Gasteiger partial charge < -0.3 is 35.4 Å². The molecule has 15 heavy (non-hydrogen) atoms. The third kappa shape index (κ3) is 25.4. The van der Waals surface area contributed by atoms with Crippen molar-refractivity contribution in [1.82, 2.24) is 10.6 Å². The molecule has 0 unspecified atom stereocenters. The molecule has 0 fully saturated rings. The van der Waals surface area contributed by atoms with Crippen LogP contribution in [0, 0.1) is 0 Å². The minimum atomic E-state index is 0. The van der Waals surface area contributed by atoms with Crippen molar-refractivity contribution in [2.75, 3.05) is 13.1 Å². The Morgan fingerprint density at radius 1 is 0.667 bits per heavy atom. The van der Waals surface area contributed by atoms with Gasteiger partial charge in [0.2, 0.25) is 0 Å². The molecule has 0 aromatic rings. The van der Waals surface area contributed by atoms with E-state index in [-0.39, 0.29) is 53.0 Å². The third-order valence-electron chi connectivity index (χ3n) is 1.44. The summed E-state index contributed by atoms with van der Waals surface area (Å²) in [7, 11) is 0. The smallest absolute Gasteiger partial charge is 1.00 e. The summed E-state index contributed by atoms with van der Waals surface area (Å²) in [5.74, 6) is 0. The average Bonchev–Trinajstić information content (AvgIpc) is 1.76. The SMILES string of the molecule is CC(C)(C)NCCNC(C)(C)C.[Cl-].[Cl-].[Cu+2]. The average molecular weight is 307 g/mol. The van der Waals surface area contributed by atoms with Crippen molar-refractivity contribution in [2.24, 2.45) is 0 Å². The molecule has 0 aromatic carbocycles. The fraction of sp³-hybridized carbons (Fsp3) is 1.00. The second-order valence-corrected chi connectivity index (χ2v) is 5.35. The second-order valence-electron chi connectivity index (χ2n) is 5.35. The zero-order chi connectivity index (χ0) is 9.83. The maximum absolute atomic E-state index is 3.43. The molecule has 0 saturated carbocycles. The van der Waals surface area contributed by atoms with Crippen molar-refractivity contribution < 1.29 is 41.9 Å². The molecule has 1 radical (unpaired) electrons. The quantitative estimate of drug-likeness (QED) is 0.408. The van der Waals surface area contributed by atoms with E-state index in [1.54, 1.807) is 0 Å². The summed E-state index contributed by atoms with van der Waals surface area (Å²) in [4.78, 5) is 0. The summed E-state index contributed by atoms with van der Waals surface area (Å²) in [5.41, 5.74) is 0.471. The summed E-state index contributed by atoms with van der Waals surface area (Å²) >= 11 is 0. The number of halogens is 2. The van der Waals surface area contributed by atoms with E-state index in [2.05, 4.69) is 52.2 Å². The molecule has 2 nitrogen and oxygen atoms in total. The van der Waals surface area contributed by atoms with E-state index in [0.29, 0.717) is 0 Å². The van der Waals surface area contributed by atoms with E-state index >= 15 is 0 Å². The molecule has 0 saturated heterocycles. The van der Waals surface area contributed by atoms with Gasteiger partial charge in [0.05, 0.1) is 0 Å². The Balaban J connectivity index is -0.000000202. The Morgan fingerprint density at radius 3 is 1.00 bits per heavy atom. The van der Waals surface area contributed by atoms with Crippen LogP contribution in [0.4, 0.5) is 0 Å². The van der Waals surface area contributed by atoms with E-state index in [1.165, 1.54) is 0 Å². The van der Waals surface area contributed by atoms with Crippen molar-refractivity contribution in [2.45, 2.75) is 52.6 Å². The Bertz CT molecular complexity index is 114.